The first kappa shape index (κ1) is 14.8. The fourth-order valence-corrected chi connectivity index (χ4v) is 1.67. The van der Waals surface area contributed by atoms with E-state index >= 15 is 0 Å². The zero-order chi connectivity index (χ0) is 14.6. The largest absolute Gasteiger partial charge is 0.436 e. The molecular weight excluding hydrogens is 274 g/mol. The lowest BCUT2D eigenvalue weighted by Crippen LogP contribution is -2.35. The van der Waals surface area contributed by atoms with Crippen LogP contribution in [0.2, 0.25) is 5.02 Å². The molecule has 0 unspecified atom stereocenters. The molecule has 0 radical (unpaired) electrons. The maximum atomic E-state index is 6.02. The van der Waals surface area contributed by atoms with Crippen LogP contribution in [0.1, 0.15) is 26.5 Å². The molecule has 1 heterocycles. The highest BCUT2D eigenvalue weighted by Gasteiger charge is 2.09. The Morgan fingerprint density at radius 3 is 2.45 bits per heavy atom. The highest BCUT2D eigenvalue weighted by atomic mass is 35.5. The van der Waals surface area contributed by atoms with Crippen molar-refractivity contribution in [3.05, 3.63) is 47.1 Å². The van der Waals surface area contributed by atoms with Crippen molar-refractivity contribution in [2.24, 2.45) is 0 Å². The van der Waals surface area contributed by atoms with Gasteiger partial charge in [-0.2, -0.15) is 5.10 Å². The molecule has 2 rings (SSSR count). The quantitative estimate of drug-likeness (QED) is 0.930. The minimum Gasteiger partial charge on any atom is -0.436 e. The monoisotopic (exact) mass is 291 g/mol. The zero-order valence-electron chi connectivity index (χ0n) is 11.9. The minimum atomic E-state index is 0.0500. The molecule has 0 atom stereocenters. The molecule has 20 heavy (non-hydrogen) atoms. The third kappa shape index (κ3) is 4.47. The summed E-state index contributed by atoms with van der Waals surface area (Å²) in [5, 5.41) is 12.1. The Morgan fingerprint density at radius 1 is 1.10 bits per heavy atom. The summed E-state index contributed by atoms with van der Waals surface area (Å²) in [6.07, 6.45) is 0. The second-order valence-corrected chi connectivity index (χ2v) is 5.91. The molecule has 0 aliphatic heterocycles. The molecule has 0 saturated heterocycles. The molecule has 1 N–H and O–H groups in total. The van der Waals surface area contributed by atoms with Crippen molar-refractivity contribution in [3.63, 3.8) is 0 Å². The number of nitrogens with zero attached hydrogens (tertiary/aromatic N) is 2. The Hall–Kier alpha value is -1.65. The number of ether oxygens (including phenoxy) is 1. The summed E-state index contributed by atoms with van der Waals surface area (Å²) in [4.78, 5) is 0. The van der Waals surface area contributed by atoms with Crippen LogP contribution in [0.5, 0.6) is 11.6 Å². The lowest BCUT2D eigenvalue weighted by Gasteiger charge is -2.19. The zero-order valence-corrected chi connectivity index (χ0v) is 12.6. The number of halogens is 1. The average Bonchev–Trinajstić information content (AvgIpc) is 2.40. The molecule has 5 heteroatoms. The third-order valence-corrected chi connectivity index (χ3v) is 2.86. The van der Waals surface area contributed by atoms with Gasteiger partial charge in [0, 0.05) is 18.2 Å². The van der Waals surface area contributed by atoms with Crippen molar-refractivity contribution < 1.29 is 4.74 Å². The van der Waals surface area contributed by atoms with E-state index in [1.807, 2.05) is 18.2 Å². The van der Waals surface area contributed by atoms with Gasteiger partial charge >= 0.3 is 0 Å². The summed E-state index contributed by atoms with van der Waals surface area (Å²) < 4.78 is 5.58. The summed E-state index contributed by atoms with van der Waals surface area (Å²) >= 11 is 6.02. The van der Waals surface area contributed by atoms with Crippen molar-refractivity contribution in [1.29, 1.82) is 0 Å². The lowest BCUT2D eigenvalue weighted by atomic mass is 10.1. The number of nitrogens with one attached hydrogen (secondary N) is 1. The number of rotatable bonds is 4. The number of aromatic nitrogens is 2. The Labute approximate surface area is 124 Å². The molecule has 4 nitrogen and oxygen atoms in total. The predicted octanol–water partition coefficient (Wildman–Crippen LogP) is 3.81. The van der Waals surface area contributed by atoms with Crippen LogP contribution in [-0.4, -0.2) is 15.7 Å². The maximum absolute atomic E-state index is 6.02. The fourth-order valence-electron chi connectivity index (χ4n) is 1.49. The van der Waals surface area contributed by atoms with Gasteiger partial charge in [-0.3, -0.25) is 0 Å². The van der Waals surface area contributed by atoms with E-state index in [-0.39, 0.29) is 5.54 Å². The first-order chi connectivity index (χ1) is 9.44. The first-order valence-corrected chi connectivity index (χ1v) is 6.82. The number of hydrogen-bond donors (Lipinski definition) is 1. The molecule has 1 aromatic heterocycles. The van der Waals surface area contributed by atoms with E-state index in [0.29, 0.717) is 23.2 Å². The lowest BCUT2D eigenvalue weighted by molar-refractivity contribution is 0.416. The van der Waals surface area contributed by atoms with Crippen molar-refractivity contribution in [2.75, 3.05) is 0 Å². The van der Waals surface area contributed by atoms with Crippen molar-refractivity contribution >= 4 is 11.6 Å². The van der Waals surface area contributed by atoms with Gasteiger partial charge < -0.3 is 10.1 Å². The molecule has 0 amide bonds. The Bertz CT molecular complexity index is 564. The van der Waals surface area contributed by atoms with Crippen LogP contribution < -0.4 is 10.1 Å². The van der Waals surface area contributed by atoms with Gasteiger partial charge in [-0.15, -0.1) is 5.10 Å². The van der Waals surface area contributed by atoms with Crippen molar-refractivity contribution in [3.8, 4) is 11.6 Å². The minimum absolute atomic E-state index is 0.0500. The van der Waals surface area contributed by atoms with E-state index < -0.39 is 0 Å². The Kier molecular flexibility index (Phi) is 4.57. The van der Waals surface area contributed by atoms with Gasteiger partial charge in [-0.05, 0) is 39.0 Å². The summed E-state index contributed by atoms with van der Waals surface area (Å²) in [6, 6.07) is 10.9. The average molecular weight is 292 g/mol. The third-order valence-electron chi connectivity index (χ3n) is 2.55. The van der Waals surface area contributed by atoms with Crippen LogP contribution in [0.25, 0.3) is 0 Å². The topological polar surface area (TPSA) is 47.0 Å². The Morgan fingerprint density at radius 2 is 1.85 bits per heavy atom. The van der Waals surface area contributed by atoms with E-state index in [4.69, 9.17) is 16.3 Å². The van der Waals surface area contributed by atoms with Gasteiger partial charge in [-0.25, -0.2) is 0 Å². The number of hydrogen-bond acceptors (Lipinski definition) is 4. The van der Waals surface area contributed by atoms with Gasteiger partial charge in [0.1, 0.15) is 5.75 Å². The molecule has 1 aromatic carbocycles. The Balaban J connectivity index is 2.00. The first-order valence-electron chi connectivity index (χ1n) is 6.44. The molecule has 0 aliphatic rings. The van der Waals surface area contributed by atoms with Gasteiger partial charge in [0.05, 0.1) is 10.7 Å². The van der Waals surface area contributed by atoms with E-state index in [0.717, 1.165) is 5.69 Å². The van der Waals surface area contributed by atoms with Crippen LogP contribution in [-0.2, 0) is 6.54 Å². The van der Waals surface area contributed by atoms with Crippen LogP contribution >= 0.6 is 11.6 Å². The van der Waals surface area contributed by atoms with Crippen molar-refractivity contribution in [1.82, 2.24) is 15.5 Å². The highest BCUT2D eigenvalue weighted by Crippen LogP contribution is 2.27. The summed E-state index contributed by atoms with van der Waals surface area (Å²) in [5.74, 6) is 1.00. The second-order valence-electron chi connectivity index (χ2n) is 5.50. The molecule has 0 spiro atoms. The second kappa shape index (κ2) is 6.20. The van der Waals surface area contributed by atoms with Crippen LogP contribution in [0.3, 0.4) is 0 Å². The smallest absolute Gasteiger partial charge is 0.238 e. The summed E-state index contributed by atoms with van der Waals surface area (Å²) in [7, 11) is 0. The van der Waals surface area contributed by atoms with Crippen LogP contribution in [0.15, 0.2) is 36.4 Å². The summed E-state index contributed by atoms with van der Waals surface area (Å²) in [6.45, 7) is 6.99. The molecule has 0 saturated carbocycles. The molecule has 0 bridgehead atoms. The van der Waals surface area contributed by atoms with Gasteiger partial charge in [0.2, 0.25) is 5.88 Å². The van der Waals surface area contributed by atoms with E-state index in [2.05, 4.69) is 36.3 Å². The van der Waals surface area contributed by atoms with Gasteiger partial charge in [0.15, 0.2) is 0 Å². The van der Waals surface area contributed by atoms with Gasteiger partial charge in [-0.1, -0.05) is 23.7 Å². The highest BCUT2D eigenvalue weighted by molar-refractivity contribution is 6.32. The van der Waals surface area contributed by atoms with E-state index in [1.165, 1.54) is 0 Å². The SMILES string of the molecule is CC(C)(C)NCc1ccc(Oc2ccccc2Cl)nn1. The van der Waals surface area contributed by atoms with Crippen molar-refractivity contribution in [2.45, 2.75) is 32.9 Å². The van der Waals surface area contributed by atoms with Crippen LogP contribution in [0.4, 0.5) is 0 Å². The van der Waals surface area contributed by atoms with E-state index in [9.17, 15) is 0 Å². The maximum Gasteiger partial charge on any atom is 0.238 e. The van der Waals surface area contributed by atoms with Crippen LogP contribution in [0, 0.1) is 0 Å². The standard InChI is InChI=1S/C15H18ClN3O/c1-15(2,3)17-10-11-8-9-14(19-18-11)20-13-7-5-4-6-12(13)16/h4-9,17H,10H2,1-3H3. The molecule has 0 aliphatic carbocycles. The summed E-state index contributed by atoms with van der Waals surface area (Å²) in [5.41, 5.74) is 0.917. The molecule has 0 fully saturated rings. The normalized spacial score (nSPS) is 11.4. The number of para-hydroxylation sites is 1. The predicted molar refractivity (Wildman–Crippen MR) is 80.2 cm³/mol. The molecular formula is C15H18ClN3O. The van der Waals surface area contributed by atoms with Gasteiger partial charge in [0.25, 0.3) is 0 Å². The molecule has 2 aromatic rings. The van der Waals surface area contributed by atoms with E-state index in [1.54, 1.807) is 18.2 Å². The fraction of sp³-hybridized carbons (Fsp3) is 0.333. The number of benzene rings is 1. The molecule has 106 valence electrons.